The maximum Gasteiger partial charge on any atom is 0.416 e. The molecule has 0 unspecified atom stereocenters. The van der Waals surface area contributed by atoms with Gasteiger partial charge in [-0.25, -0.2) is 13.4 Å². The number of nitrogens with one attached hydrogen (secondary N) is 1. The number of fused-ring (bicyclic) bond motifs is 1. The fourth-order valence-electron chi connectivity index (χ4n) is 3.14. The van der Waals surface area contributed by atoms with Gasteiger partial charge in [-0.2, -0.15) is 13.2 Å². The van der Waals surface area contributed by atoms with Crippen molar-refractivity contribution in [1.82, 2.24) is 4.98 Å². The summed E-state index contributed by atoms with van der Waals surface area (Å²) in [6, 6.07) is 7.54. The molecule has 1 aliphatic heterocycles. The average Bonchev–Trinajstić information content (AvgIpc) is 3.24. The van der Waals surface area contributed by atoms with Crippen molar-refractivity contribution in [2.45, 2.75) is 11.1 Å². The van der Waals surface area contributed by atoms with Crippen LogP contribution in [0.1, 0.15) is 5.56 Å². The smallest absolute Gasteiger partial charge is 0.416 e. The molecule has 12 heteroatoms. The minimum absolute atomic E-state index is 0.0253. The van der Waals surface area contributed by atoms with Crippen LogP contribution in [0.2, 0.25) is 0 Å². The van der Waals surface area contributed by atoms with Crippen LogP contribution in [-0.4, -0.2) is 33.7 Å². The average molecular weight is 471 g/mol. The van der Waals surface area contributed by atoms with E-state index in [1.165, 1.54) is 31.5 Å². The molecule has 1 N–H and O–H groups in total. The highest BCUT2D eigenvalue weighted by molar-refractivity contribution is 7.93. The second-order valence-corrected chi connectivity index (χ2v) is 9.03. The highest BCUT2D eigenvalue weighted by Gasteiger charge is 2.32. The molecule has 7 nitrogen and oxygen atoms in total. The number of rotatable bonds is 5. The number of halogens is 3. The lowest BCUT2D eigenvalue weighted by atomic mass is 10.1. The Hall–Kier alpha value is -2.99. The lowest BCUT2D eigenvalue weighted by Gasteiger charge is -2.32. The Balaban J connectivity index is 1.70. The Morgan fingerprint density at radius 2 is 1.97 bits per heavy atom. The van der Waals surface area contributed by atoms with Gasteiger partial charge in [-0.05, 0) is 30.3 Å². The van der Waals surface area contributed by atoms with E-state index in [1.807, 2.05) is 0 Å². The van der Waals surface area contributed by atoms with Crippen LogP contribution >= 0.6 is 11.3 Å². The summed E-state index contributed by atoms with van der Waals surface area (Å²) >= 11 is 1.14. The number of thiazole rings is 1. The highest BCUT2D eigenvalue weighted by atomic mass is 32.2. The molecule has 3 aromatic rings. The van der Waals surface area contributed by atoms with Gasteiger partial charge in [-0.1, -0.05) is 0 Å². The third-order valence-electron chi connectivity index (χ3n) is 4.56. The zero-order chi connectivity index (χ0) is 22.2. The van der Waals surface area contributed by atoms with E-state index in [0.717, 1.165) is 23.5 Å². The first-order chi connectivity index (χ1) is 14.7. The third-order valence-corrected chi connectivity index (χ3v) is 6.71. The van der Waals surface area contributed by atoms with E-state index in [-0.39, 0.29) is 28.1 Å². The largest absolute Gasteiger partial charge is 0.495 e. The number of sulfonamides is 1. The lowest BCUT2D eigenvalue weighted by molar-refractivity contribution is -0.137. The number of aromatic nitrogens is 1. The third kappa shape index (κ3) is 4.26. The summed E-state index contributed by atoms with van der Waals surface area (Å²) < 4.78 is 77.6. The highest BCUT2D eigenvalue weighted by Crippen LogP contribution is 2.43. The summed E-state index contributed by atoms with van der Waals surface area (Å²) in [5.41, 5.74) is 0.102. The first kappa shape index (κ1) is 21.2. The monoisotopic (exact) mass is 471 g/mol. The van der Waals surface area contributed by atoms with Crippen LogP contribution in [0.15, 0.2) is 52.9 Å². The van der Waals surface area contributed by atoms with E-state index in [0.29, 0.717) is 17.9 Å². The quantitative estimate of drug-likeness (QED) is 0.590. The van der Waals surface area contributed by atoms with E-state index in [1.54, 1.807) is 16.3 Å². The molecular formula is C19H16F3N3O4S2. The Morgan fingerprint density at radius 3 is 2.65 bits per heavy atom. The van der Waals surface area contributed by atoms with Gasteiger partial charge in [-0.3, -0.25) is 4.72 Å². The van der Waals surface area contributed by atoms with Crippen molar-refractivity contribution in [3.63, 3.8) is 0 Å². The zero-order valence-corrected chi connectivity index (χ0v) is 17.6. The first-order valence-corrected chi connectivity index (χ1v) is 11.3. The normalized spacial score (nSPS) is 14.0. The number of hydrogen-bond acceptors (Lipinski definition) is 7. The molecule has 164 valence electrons. The molecule has 31 heavy (non-hydrogen) atoms. The number of hydrogen-bond donors (Lipinski definition) is 1. The van der Waals surface area contributed by atoms with Gasteiger partial charge in [0, 0.05) is 17.6 Å². The van der Waals surface area contributed by atoms with Crippen molar-refractivity contribution < 1.29 is 31.1 Å². The van der Waals surface area contributed by atoms with Crippen molar-refractivity contribution in [3.05, 3.63) is 53.5 Å². The van der Waals surface area contributed by atoms with Gasteiger partial charge in [-0.15, -0.1) is 11.3 Å². The van der Waals surface area contributed by atoms with Crippen molar-refractivity contribution in [2.75, 3.05) is 29.9 Å². The standard InChI is InChI=1S/C19H16F3N3O4S2/c1-28-16-10-12(19(20,21)22)2-4-14(16)25-7-8-29-17-11-13(3-5-15(17)25)31(26,27)24-18-23-6-9-30-18/h2-6,9-11H,7-8H2,1H3,(H,23,24). The molecule has 0 amide bonds. The van der Waals surface area contributed by atoms with Crippen LogP contribution in [0.4, 0.5) is 29.7 Å². The summed E-state index contributed by atoms with van der Waals surface area (Å²) in [5, 5.41) is 1.87. The van der Waals surface area contributed by atoms with Gasteiger partial charge in [0.1, 0.15) is 18.1 Å². The number of alkyl halides is 3. The zero-order valence-electron chi connectivity index (χ0n) is 16.0. The number of benzene rings is 2. The fourth-order valence-corrected chi connectivity index (χ4v) is 4.95. The predicted molar refractivity (Wildman–Crippen MR) is 110 cm³/mol. The molecule has 1 aliphatic rings. The van der Waals surface area contributed by atoms with Gasteiger partial charge in [0.2, 0.25) is 0 Å². The Labute approximate surface area is 180 Å². The predicted octanol–water partition coefficient (Wildman–Crippen LogP) is 4.50. The molecule has 4 rings (SSSR count). The van der Waals surface area contributed by atoms with Crippen LogP contribution in [0, 0.1) is 0 Å². The topological polar surface area (TPSA) is 80.8 Å². The Morgan fingerprint density at radius 1 is 1.19 bits per heavy atom. The van der Waals surface area contributed by atoms with Crippen LogP contribution in [-0.2, 0) is 16.2 Å². The minimum atomic E-state index is -4.50. The van der Waals surface area contributed by atoms with Gasteiger partial charge < -0.3 is 14.4 Å². The Kier molecular flexibility index (Phi) is 5.43. The van der Waals surface area contributed by atoms with Gasteiger partial charge >= 0.3 is 6.18 Å². The maximum absolute atomic E-state index is 13.1. The Bertz CT molecular complexity index is 1200. The maximum atomic E-state index is 13.1. The number of methoxy groups -OCH3 is 1. The van der Waals surface area contributed by atoms with Gasteiger partial charge in [0.05, 0.1) is 35.5 Å². The number of ether oxygens (including phenoxy) is 2. The molecule has 0 atom stereocenters. The minimum Gasteiger partial charge on any atom is -0.495 e. The fraction of sp³-hybridized carbons (Fsp3) is 0.211. The molecule has 2 heterocycles. The lowest BCUT2D eigenvalue weighted by Crippen LogP contribution is -2.29. The molecule has 0 saturated carbocycles. The van der Waals surface area contributed by atoms with Crippen molar-refractivity contribution in [2.24, 2.45) is 0 Å². The van der Waals surface area contributed by atoms with Gasteiger partial charge in [0.25, 0.3) is 10.0 Å². The molecular weight excluding hydrogens is 455 g/mol. The van der Waals surface area contributed by atoms with E-state index in [4.69, 9.17) is 9.47 Å². The van der Waals surface area contributed by atoms with Crippen LogP contribution in [0.5, 0.6) is 11.5 Å². The molecule has 0 saturated heterocycles. The van der Waals surface area contributed by atoms with Crippen molar-refractivity contribution in [3.8, 4) is 11.5 Å². The molecule has 0 aliphatic carbocycles. The van der Waals surface area contributed by atoms with Crippen molar-refractivity contribution in [1.29, 1.82) is 0 Å². The second-order valence-electron chi connectivity index (χ2n) is 6.46. The molecule has 0 fully saturated rings. The van der Waals surface area contributed by atoms with E-state index in [2.05, 4.69) is 9.71 Å². The van der Waals surface area contributed by atoms with E-state index in [9.17, 15) is 21.6 Å². The molecule has 0 radical (unpaired) electrons. The summed E-state index contributed by atoms with van der Waals surface area (Å²) in [7, 11) is -2.59. The van der Waals surface area contributed by atoms with Crippen LogP contribution < -0.4 is 19.1 Å². The summed E-state index contributed by atoms with van der Waals surface area (Å²) in [6.45, 7) is 0.554. The molecule has 0 spiro atoms. The molecule has 0 bridgehead atoms. The van der Waals surface area contributed by atoms with Crippen molar-refractivity contribution >= 4 is 37.9 Å². The van der Waals surface area contributed by atoms with Crippen LogP contribution in [0.3, 0.4) is 0 Å². The van der Waals surface area contributed by atoms with Crippen LogP contribution in [0.25, 0.3) is 0 Å². The summed E-state index contributed by atoms with van der Waals surface area (Å²) in [5.74, 6) is 0.333. The molecule has 2 aromatic carbocycles. The van der Waals surface area contributed by atoms with E-state index < -0.39 is 21.8 Å². The summed E-state index contributed by atoms with van der Waals surface area (Å²) in [6.07, 6.45) is -3.02. The molecule has 1 aromatic heterocycles. The first-order valence-electron chi connectivity index (χ1n) is 8.91. The number of nitrogens with zero attached hydrogens (tertiary/aromatic N) is 2. The van der Waals surface area contributed by atoms with E-state index >= 15 is 0 Å². The second kappa shape index (κ2) is 7.93. The number of anilines is 3. The van der Waals surface area contributed by atoms with Gasteiger partial charge in [0.15, 0.2) is 5.13 Å². The summed E-state index contributed by atoms with van der Waals surface area (Å²) in [4.78, 5) is 5.60. The SMILES string of the molecule is COc1cc(C(F)(F)F)ccc1N1CCOc2cc(S(=O)(=O)Nc3nccs3)ccc21.